The summed E-state index contributed by atoms with van der Waals surface area (Å²) in [6, 6.07) is 0. The third kappa shape index (κ3) is 2.36. The average molecular weight is 138 g/mol. The van der Waals surface area contributed by atoms with Gasteiger partial charge in [0.05, 0.1) is 7.11 Å². The van der Waals surface area contributed by atoms with E-state index in [1.807, 2.05) is 6.92 Å². The molecule has 0 fully saturated rings. The summed E-state index contributed by atoms with van der Waals surface area (Å²) >= 11 is 0. The Morgan fingerprint density at radius 2 is 2.40 bits per heavy atom. The van der Waals surface area contributed by atoms with E-state index >= 15 is 0 Å². The number of rotatable bonds is 2. The SMILES string of the molecule is C#C/C(=C\CC)C(=O)OC. The number of hydrogen-bond acceptors (Lipinski definition) is 2. The molecule has 2 nitrogen and oxygen atoms in total. The Bertz CT molecular complexity index is 184. The molecule has 0 aliphatic rings. The Balaban J connectivity index is 4.25. The largest absolute Gasteiger partial charge is 0.465 e. The van der Waals surface area contributed by atoms with Crippen molar-refractivity contribution >= 4 is 5.97 Å². The van der Waals surface area contributed by atoms with Crippen LogP contribution in [0.4, 0.5) is 0 Å². The molecule has 0 N–H and O–H groups in total. The van der Waals surface area contributed by atoms with Crippen molar-refractivity contribution in [1.29, 1.82) is 0 Å². The van der Waals surface area contributed by atoms with Crippen LogP contribution in [0, 0.1) is 12.3 Å². The van der Waals surface area contributed by atoms with E-state index in [-0.39, 0.29) is 0 Å². The predicted molar refractivity (Wildman–Crippen MR) is 39.2 cm³/mol. The van der Waals surface area contributed by atoms with E-state index in [1.165, 1.54) is 7.11 Å². The van der Waals surface area contributed by atoms with Crippen LogP contribution in [0.25, 0.3) is 0 Å². The average Bonchev–Trinajstić information content (AvgIpc) is 1.99. The Hall–Kier alpha value is -1.23. The highest BCUT2D eigenvalue weighted by molar-refractivity contribution is 5.93. The van der Waals surface area contributed by atoms with Gasteiger partial charge in [0.15, 0.2) is 0 Å². The van der Waals surface area contributed by atoms with Gasteiger partial charge in [-0.1, -0.05) is 18.9 Å². The number of ether oxygens (including phenoxy) is 1. The number of allylic oxidation sites excluding steroid dienone is 1. The van der Waals surface area contributed by atoms with Gasteiger partial charge in [-0.3, -0.25) is 0 Å². The van der Waals surface area contributed by atoms with Crippen LogP contribution in [-0.4, -0.2) is 13.1 Å². The molecule has 0 amide bonds. The zero-order valence-electron chi connectivity index (χ0n) is 6.18. The van der Waals surface area contributed by atoms with Crippen molar-refractivity contribution in [3.05, 3.63) is 11.6 Å². The molecule has 0 saturated carbocycles. The third-order valence-corrected chi connectivity index (χ3v) is 0.969. The maximum absolute atomic E-state index is 10.7. The minimum atomic E-state index is -0.440. The molecule has 10 heavy (non-hydrogen) atoms. The fraction of sp³-hybridized carbons (Fsp3) is 0.375. The summed E-state index contributed by atoms with van der Waals surface area (Å²) in [7, 11) is 1.31. The van der Waals surface area contributed by atoms with E-state index in [4.69, 9.17) is 6.42 Å². The quantitative estimate of drug-likeness (QED) is 0.325. The fourth-order valence-corrected chi connectivity index (χ4v) is 0.515. The predicted octanol–water partition coefficient (Wildman–Crippen LogP) is 1.13. The standard InChI is InChI=1S/C8H10O2/c1-4-6-7(5-2)8(9)10-3/h2,6H,4H2,1,3H3/b7-6+. The second kappa shape index (κ2) is 4.63. The second-order valence-electron chi connectivity index (χ2n) is 1.66. The molecule has 0 atom stereocenters. The van der Waals surface area contributed by atoms with E-state index in [0.29, 0.717) is 5.57 Å². The summed E-state index contributed by atoms with van der Waals surface area (Å²) in [5, 5.41) is 0. The van der Waals surface area contributed by atoms with Crippen molar-refractivity contribution in [2.24, 2.45) is 0 Å². The van der Waals surface area contributed by atoms with Crippen LogP contribution in [0.1, 0.15) is 13.3 Å². The van der Waals surface area contributed by atoms with E-state index in [9.17, 15) is 4.79 Å². The zero-order valence-corrected chi connectivity index (χ0v) is 6.18. The van der Waals surface area contributed by atoms with Gasteiger partial charge in [-0.25, -0.2) is 4.79 Å². The molecule has 0 unspecified atom stereocenters. The van der Waals surface area contributed by atoms with Crippen molar-refractivity contribution in [1.82, 2.24) is 0 Å². The molecule has 0 spiro atoms. The van der Waals surface area contributed by atoms with E-state index < -0.39 is 5.97 Å². The molecular weight excluding hydrogens is 128 g/mol. The van der Waals surface area contributed by atoms with Crippen LogP contribution in [-0.2, 0) is 9.53 Å². The van der Waals surface area contributed by atoms with Crippen LogP contribution in [0.15, 0.2) is 11.6 Å². The van der Waals surface area contributed by atoms with Crippen LogP contribution < -0.4 is 0 Å². The van der Waals surface area contributed by atoms with Crippen molar-refractivity contribution < 1.29 is 9.53 Å². The highest BCUT2D eigenvalue weighted by atomic mass is 16.5. The van der Waals surface area contributed by atoms with Crippen molar-refractivity contribution in [2.75, 3.05) is 7.11 Å². The summed E-state index contributed by atoms with van der Waals surface area (Å²) in [5.74, 6) is 1.80. The van der Waals surface area contributed by atoms with Gasteiger partial charge in [-0.2, -0.15) is 0 Å². The molecule has 0 bridgehead atoms. The van der Waals surface area contributed by atoms with E-state index in [1.54, 1.807) is 6.08 Å². The highest BCUT2D eigenvalue weighted by Gasteiger charge is 2.03. The minimum Gasteiger partial charge on any atom is -0.465 e. The normalized spacial score (nSPS) is 10.3. The first-order chi connectivity index (χ1) is 4.76. The molecule has 0 saturated heterocycles. The molecule has 0 radical (unpaired) electrons. The van der Waals surface area contributed by atoms with E-state index in [2.05, 4.69) is 10.7 Å². The van der Waals surface area contributed by atoms with Gasteiger partial charge in [0.25, 0.3) is 0 Å². The summed E-state index contributed by atoms with van der Waals surface area (Å²) in [6.07, 6.45) is 7.42. The number of esters is 1. The van der Waals surface area contributed by atoms with Gasteiger partial charge >= 0.3 is 5.97 Å². The minimum absolute atomic E-state index is 0.296. The highest BCUT2D eigenvalue weighted by Crippen LogP contribution is 1.96. The second-order valence-corrected chi connectivity index (χ2v) is 1.66. The maximum atomic E-state index is 10.7. The molecule has 0 aliphatic heterocycles. The van der Waals surface area contributed by atoms with Gasteiger partial charge < -0.3 is 4.74 Å². The molecule has 0 aromatic heterocycles. The molecule has 0 rings (SSSR count). The van der Waals surface area contributed by atoms with Crippen LogP contribution in [0.3, 0.4) is 0 Å². The molecular formula is C8H10O2. The fourth-order valence-electron chi connectivity index (χ4n) is 0.515. The smallest absolute Gasteiger partial charge is 0.346 e. The van der Waals surface area contributed by atoms with Gasteiger partial charge in [-0.15, -0.1) is 6.42 Å². The van der Waals surface area contributed by atoms with Crippen molar-refractivity contribution in [2.45, 2.75) is 13.3 Å². The lowest BCUT2D eigenvalue weighted by molar-refractivity contribution is -0.135. The van der Waals surface area contributed by atoms with Gasteiger partial charge in [0, 0.05) is 0 Å². The van der Waals surface area contributed by atoms with E-state index in [0.717, 1.165) is 6.42 Å². The van der Waals surface area contributed by atoms with Crippen molar-refractivity contribution in [3.63, 3.8) is 0 Å². The summed E-state index contributed by atoms with van der Waals surface area (Å²) in [4.78, 5) is 10.7. The van der Waals surface area contributed by atoms with Gasteiger partial charge in [0.2, 0.25) is 0 Å². The molecule has 0 aliphatic carbocycles. The first kappa shape index (κ1) is 8.77. The number of carbonyl (C=O) groups excluding carboxylic acids is 1. The number of carbonyl (C=O) groups is 1. The summed E-state index contributed by atoms with van der Waals surface area (Å²) in [5.41, 5.74) is 0.296. The number of hydrogen-bond donors (Lipinski definition) is 0. The Kier molecular flexibility index (Phi) is 4.06. The third-order valence-electron chi connectivity index (χ3n) is 0.969. The Morgan fingerprint density at radius 3 is 2.70 bits per heavy atom. The van der Waals surface area contributed by atoms with Crippen molar-refractivity contribution in [3.8, 4) is 12.3 Å². The van der Waals surface area contributed by atoms with Gasteiger partial charge in [-0.05, 0) is 6.42 Å². The molecule has 0 heterocycles. The van der Waals surface area contributed by atoms with Crippen LogP contribution >= 0.6 is 0 Å². The Morgan fingerprint density at radius 1 is 1.80 bits per heavy atom. The topological polar surface area (TPSA) is 26.3 Å². The van der Waals surface area contributed by atoms with Crippen LogP contribution in [0.2, 0.25) is 0 Å². The summed E-state index contributed by atoms with van der Waals surface area (Å²) < 4.78 is 4.41. The number of terminal acetylenes is 1. The zero-order chi connectivity index (χ0) is 7.98. The first-order valence-electron chi connectivity index (χ1n) is 3.01. The monoisotopic (exact) mass is 138 g/mol. The maximum Gasteiger partial charge on any atom is 0.346 e. The molecule has 2 heteroatoms. The first-order valence-corrected chi connectivity index (χ1v) is 3.01. The lowest BCUT2D eigenvalue weighted by atomic mass is 10.2. The van der Waals surface area contributed by atoms with Crippen LogP contribution in [0.5, 0.6) is 0 Å². The lowest BCUT2D eigenvalue weighted by Crippen LogP contribution is -2.02. The Labute approximate surface area is 60.9 Å². The molecule has 0 aromatic carbocycles. The molecule has 0 aromatic rings. The van der Waals surface area contributed by atoms with Gasteiger partial charge in [0.1, 0.15) is 5.57 Å². The number of methoxy groups -OCH3 is 1. The lowest BCUT2D eigenvalue weighted by Gasteiger charge is -1.94. The molecule has 54 valence electrons. The summed E-state index contributed by atoms with van der Waals surface area (Å²) in [6.45, 7) is 1.90.